The Morgan fingerprint density at radius 3 is 2.21 bits per heavy atom. The van der Waals surface area contributed by atoms with Crippen LogP contribution in [0.5, 0.6) is 0 Å². The van der Waals surface area contributed by atoms with Gasteiger partial charge in [0.2, 0.25) is 11.8 Å². The van der Waals surface area contributed by atoms with Crippen LogP contribution in [-0.4, -0.2) is 20.9 Å². The van der Waals surface area contributed by atoms with Crippen molar-refractivity contribution in [1.82, 2.24) is 14.5 Å². The third-order valence-electron chi connectivity index (χ3n) is 6.48. The first-order chi connectivity index (χ1) is 18.4. The number of carbonyl (C=O) groups is 2. The summed E-state index contributed by atoms with van der Waals surface area (Å²) in [5, 5.41) is 6.03. The molecule has 0 unspecified atom stereocenters. The minimum atomic E-state index is -0.578. The standard InChI is InChI=1S/C30H32N4O4/c1-3-22-14-16-24(17-15-22)32-28(36)20-34-26-8-5-4-7-25(26)29(37)33(30(34)38)18-6-9-27(35)31-19-23-12-10-21(2)11-13-23/h4-5,7-8,10-17H,3,6,9,18-20H2,1-2H3,(H,31,35)(H,32,36). The molecule has 0 atom stereocenters. The smallest absolute Gasteiger partial charge is 0.331 e. The molecule has 0 bridgehead atoms. The topological polar surface area (TPSA) is 102 Å². The highest BCUT2D eigenvalue weighted by Gasteiger charge is 2.16. The molecule has 4 rings (SSSR count). The van der Waals surface area contributed by atoms with Gasteiger partial charge in [0.1, 0.15) is 6.54 Å². The number of fused-ring (bicyclic) bond motifs is 1. The Morgan fingerprint density at radius 1 is 0.816 bits per heavy atom. The van der Waals surface area contributed by atoms with Crippen LogP contribution < -0.4 is 21.9 Å². The summed E-state index contributed by atoms with van der Waals surface area (Å²) in [6, 6.07) is 22.2. The normalized spacial score (nSPS) is 10.9. The molecule has 196 valence electrons. The van der Waals surface area contributed by atoms with Gasteiger partial charge < -0.3 is 10.6 Å². The van der Waals surface area contributed by atoms with Crippen LogP contribution in [0.25, 0.3) is 10.9 Å². The summed E-state index contributed by atoms with van der Waals surface area (Å²) >= 11 is 0. The number of nitrogens with one attached hydrogen (secondary N) is 2. The van der Waals surface area contributed by atoms with E-state index in [0.717, 1.165) is 27.7 Å². The quantitative estimate of drug-likeness (QED) is 0.338. The van der Waals surface area contributed by atoms with E-state index in [1.54, 1.807) is 24.3 Å². The Bertz CT molecular complexity index is 1550. The van der Waals surface area contributed by atoms with Crippen molar-refractivity contribution in [2.24, 2.45) is 0 Å². The van der Waals surface area contributed by atoms with Gasteiger partial charge in [-0.15, -0.1) is 0 Å². The average molecular weight is 513 g/mol. The predicted octanol–water partition coefficient (Wildman–Crippen LogP) is 3.77. The highest BCUT2D eigenvalue weighted by atomic mass is 16.2. The molecule has 0 aliphatic carbocycles. The van der Waals surface area contributed by atoms with E-state index in [9.17, 15) is 19.2 Å². The summed E-state index contributed by atoms with van der Waals surface area (Å²) < 4.78 is 2.42. The van der Waals surface area contributed by atoms with Crippen LogP contribution in [0.4, 0.5) is 5.69 Å². The highest BCUT2D eigenvalue weighted by molar-refractivity contribution is 5.91. The number of benzene rings is 3. The third kappa shape index (κ3) is 6.45. The van der Waals surface area contributed by atoms with Crippen LogP contribution in [0.2, 0.25) is 0 Å². The van der Waals surface area contributed by atoms with Crippen molar-refractivity contribution in [2.45, 2.75) is 52.7 Å². The molecular formula is C30H32N4O4. The average Bonchev–Trinajstić information content (AvgIpc) is 2.93. The van der Waals surface area contributed by atoms with Crippen LogP contribution in [0.3, 0.4) is 0 Å². The summed E-state index contributed by atoms with van der Waals surface area (Å²) in [7, 11) is 0. The molecule has 38 heavy (non-hydrogen) atoms. The van der Waals surface area contributed by atoms with Crippen molar-refractivity contribution in [2.75, 3.05) is 5.32 Å². The summed E-state index contributed by atoms with van der Waals surface area (Å²) in [4.78, 5) is 51.6. The molecule has 0 saturated carbocycles. The van der Waals surface area contributed by atoms with Crippen LogP contribution in [0, 0.1) is 6.92 Å². The fourth-order valence-corrected chi connectivity index (χ4v) is 4.28. The number of aryl methyl sites for hydroxylation is 2. The van der Waals surface area contributed by atoms with Crippen molar-refractivity contribution in [3.63, 3.8) is 0 Å². The SMILES string of the molecule is CCc1ccc(NC(=O)Cn2c(=O)n(CCCC(=O)NCc3ccc(C)cc3)c(=O)c3ccccc32)cc1. The summed E-state index contributed by atoms with van der Waals surface area (Å²) in [5.74, 6) is -0.532. The van der Waals surface area contributed by atoms with Gasteiger partial charge in [0.25, 0.3) is 5.56 Å². The second-order valence-corrected chi connectivity index (χ2v) is 9.31. The number of amides is 2. The molecule has 0 spiro atoms. The van der Waals surface area contributed by atoms with Gasteiger partial charge in [0.05, 0.1) is 10.9 Å². The number of rotatable bonds is 10. The van der Waals surface area contributed by atoms with E-state index in [2.05, 4.69) is 17.6 Å². The second-order valence-electron chi connectivity index (χ2n) is 9.31. The maximum Gasteiger partial charge on any atom is 0.331 e. The molecule has 2 amide bonds. The Labute approximate surface area is 220 Å². The van der Waals surface area contributed by atoms with Crippen LogP contribution in [0.15, 0.2) is 82.4 Å². The first kappa shape index (κ1) is 26.6. The molecule has 4 aromatic rings. The van der Waals surface area contributed by atoms with Gasteiger partial charge in [-0.25, -0.2) is 4.79 Å². The van der Waals surface area contributed by atoms with Crippen molar-refractivity contribution >= 4 is 28.4 Å². The summed E-state index contributed by atoms with van der Waals surface area (Å²) in [5.41, 5.74) is 3.32. The van der Waals surface area contributed by atoms with E-state index in [-0.39, 0.29) is 31.3 Å². The lowest BCUT2D eigenvalue weighted by Gasteiger charge is -2.14. The number of aromatic nitrogens is 2. The highest BCUT2D eigenvalue weighted by Crippen LogP contribution is 2.12. The number of nitrogens with zero attached hydrogens (tertiary/aromatic N) is 2. The van der Waals surface area contributed by atoms with Gasteiger partial charge >= 0.3 is 5.69 Å². The Hall–Kier alpha value is -4.46. The van der Waals surface area contributed by atoms with E-state index in [0.29, 0.717) is 29.6 Å². The lowest BCUT2D eigenvalue weighted by molar-refractivity contribution is -0.121. The fourth-order valence-electron chi connectivity index (χ4n) is 4.28. The first-order valence-corrected chi connectivity index (χ1v) is 12.8. The molecule has 3 aromatic carbocycles. The number of anilines is 1. The van der Waals surface area contributed by atoms with Crippen LogP contribution in [-0.2, 0) is 35.6 Å². The van der Waals surface area contributed by atoms with Crippen molar-refractivity contribution in [1.29, 1.82) is 0 Å². The number of hydrogen-bond acceptors (Lipinski definition) is 4. The third-order valence-corrected chi connectivity index (χ3v) is 6.48. The molecule has 0 fully saturated rings. The van der Waals surface area contributed by atoms with E-state index in [1.165, 1.54) is 4.57 Å². The molecule has 0 saturated heterocycles. The molecular weight excluding hydrogens is 480 g/mol. The fraction of sp³-hybridized carbons (Fsp3) is 0.267. The minimum Gasteiger partial charge on any atom is -0.352 e. The Morgan fingerprint density at radius 2 is 1.50 bits per heavy atom. The monoisotopic (exact) mass is 512 g/mol. The number of carbonyl (C=O) groups excluding carboxylic acids is 2. The lowest BCUT2D eigenvalue weighted by Crippen LogP contribution is -2.42. The maximum absolute atomic E-state index is 13.3. The molecule has 1 aromatic heterocycles. The Kier molecular flexibility index (Phi) is 8.53. The van der Waals surface area contributed by atoms with E-state index < -0.39 is 11.2 Å². The summed E-state index contributed by atoms with van der Waals surface area (Å²) in [6.45, 7) is 4.30. The molecule has 0 aliphatic heterocycles. The number of hydrogen-bond donors (Lipinski definition) is 2. The molecule has 0 radical (unpaired) electrons. The second kappa shape index (κ2) is 12.2. The van der Waals surface area contributed by atoms with Gasteiger partial charge in [-0.3, -0.25) is 23.5 Å². The molecule has 0 aliphatic rings. The van der Waals surface area contributed by atoms with Gasteiger partial charge in [-0.1, -0.05) is 61.0 Å². The van der Waals surface area contributed by atoms with E-state index in [4.69, 9.17) is 0 Å². The zero-order valence-corrected chi connectivity index (χ0v) is 21.7. The largest absolute Gasteiger partial charge is 0.352 e. The summed E-state index contributed by atoms with van der Waals surface area (Å²) in [6.07, 6.45) is 1.37. The van der Waals surface area contributed by atoms with Gasteiger partial charge in [0.15, 0.2) is 0 Å². The molecule has 8 heteroatoms. The van der Waals surface area contributed by atoms with E-state index >= 15 is 0 Å². The zero-order chi connectivity index (χ0) is 27.1. The van der Waals surface area contributed by atoms with Gasteiger partial charge in [0, 0.05) is 25.2 Å². The van der Waals surface area contributed by atoms with Gasteiger partial charge in [-0.05, 0) is 55.2 Å². The van der Waals surface area contributed by atoms with Crippen molar-refractivity contribution in [3.8, 4) is 0 Å². The first-order valence-electron chi connectivity index (χ1n) is 12.8. The molecule has 1 heterocycles. The van der Waals surface area contributed by atoms with Gasteiger partial charge in [-0.2, -0.15) is 0 Å². The Balaban J connectivity index is 1.46. The minimum absolute atomic E-state index is 0.0700. The molecule has 2 N–H and O–H groups in total. The number of para-hydroxylation sites is 1. The van der Waals surface area contributed by atoms with E-state index in [1.807, 2.05) is 55.5 Å². The van der Waals surface area contributed by atoms with Crippen LogP contribution in [0.1, 0.15) is 36.5 Å². The van der Waals surface area contributed by atoms with Crippen molar-refractivity contribution in [3.05, 3.63) is 110 Å². The lowest BCUT2D eigenvalue weighted by atomic mass is 10.1. The predicted molar refractivity (Wildman–Crippen MR) is 149 cm³/mol. The van der Waals surface area contributed by atoms with Crippen LogP contribution >= 0.6 is 0 Å². The zero-order valence-electron chi connectivity index (χ0n) is 21.7. The maximum atomic E-state index is 13.3. The van der Waals surface area contributed by atoms with Crippen molar-refractivity contribution < 1.29 is 9.59 Å². The molecule has 8 nitrogen and oxygen atoms in total.